The van der Waals surface area contributed by atoms with Crippen LogP contribution in [0, 0.1) is 0 Å². The third kappa shape index (κ3) is 4.44. The molecule has 30 heavy (non-hydrogen) atoms. The number of carbonyl (C=O) groups is 2. The molecule has 1 aliphatic rings. The van der Waals surface area contributed by atoms with Gasteiger partial charge < -0.3 is 20.1 Å². The number of hydrogen-bond acceptors (Lipinski definition) is 7. The highest BCUT2D eigenvalue weighted by molar-refractivity contribution is 6.08. The Morgan fingerprint density at radius 3 is 2.73 bits per heavy atom. The minimum atomic E-state index is -0.401. The van der Waals surface area contributed by atoms with E-state index in [1.807, 2.05) is 0 Å². The summed E-state index contributed by atoms with van der Waals surface area (Å²) in [5, 5.41) is 9.63. The molecular weight excluding hydrogens is 388 g/mol. The van der Waals surface area contributed by atoms with Gasteiger partial charge in [-0.3, -0.25) is 19.3 Å². The Kier molecular flexibility index (Phi) is 5.66. The molecule has 0 saturated carbocycles. The van der Waals surface area contributed by atoms with Gasteiger partial charge in [0.2, 0.25) is 5.88 Å². The molecule has 10 heteroatoms. The fourth-order valence-corrected chi connectivity index (χ4v) is 2.95. The molecule has 3 aromatic rings. The van der Waals surface area contributed by atoms with Gasteiger partial charge in [-0.15, -0.1) is 0 Å². The van der Waals surface area contributed by atoms with Crippen LogP contribution >= 0.6 is 0 Å². The van der Waals surface area contributed by atoms with Crippen molar-refractivity contribution in [3.8, 4) is 17.1 Å². The Hall–Kier alpha value is -3.79. The maximum absolute atomic E-state index is 12.8. The first kappa shape index (κ1) is 19.5. The summed E-state index contributed by atoms with van der Waals surface area (Å²) >= 11 is 0. The van der Waals surface area contributed by atoms with Crippen LogP contribution in [-0.2, 0) is 11.8 Å². The fraction of sp³-hybridized carbons (Fsp3) is 0.250. The lowest BCUT2D eigenvalue weighted by Gasteiger charge is -2.10. The number of amides is 2. The quantitative estimate of drug-likeness (QED) is 0.575. The Morgan fingerprint density at radius 2 is 1.83 bits per heavy atom. The summed E-state index contributed by atoms with van der Waals surface area (Å²) in [5.41, 5.74) is 2.20. The van der Waals surface area contributed by atoms with Crippen molar-refractivity contribution in [3.05, 3.63) is 54.1 Å². The molecule has 0 unspecified atom stereocenters. The molecule has 2 amide bonds. The molecular formula is C20H20N6O4. The molecule has 4 rings (SSSR count). The number of nitrogens with zero attached hydrogens (tertiary/aromatic N) is 4. The highest BCUT2D eigenvalue weighted by Gasteiger charge is 2.19. The Bertz CT molecular complexity index is 1080. The molecule has 4 heterocycles. The normalized spacial score (nSPS) is 15.1. The van der Waals surface area contributed by atoms with Gasteiger partial charge in [0.1, 0.15) is 6.61 Å². The summed E-state index contributed by atoms with van der Waals surface area (Å²) in [4.78, 5) is 33.8. The number of pyridine rings is 2. The average Bonchev–Trinajstić information content (AvgIpc) is 3.12. The van der Waals surface area contributed by atoms with Crippen LogP contribution in [0.5, 0.6) is 5.88 Å². The number of aryl methyl sites for hydroxylation is 1. The van der Waals surface area contributed by atoms with Crippen LogP contribution in [0.3, 0.4) is 0 Å². The largest absolute Gasteiger partial charge is 0.475 e. The molecule has 4 bridgehead atoms. The maximum atomic E-state index is 12.8. The van der Waals surface area contributed by atoms with E-state index in [2.05, 4.69) is 25.7 Å². The second kappa shape index (κ2) is 8.70. The van der Waals surface area contributed by atoms with Gasteiger partial charge in [0.05, 0.1) is 24.6 Å². The molecule has 10 nitrogen and oxygen atoms in total. The standard InChI is InChI=1S/C20H20N6O4/c1-26-12-16-18(25-26)20(28)23-6-7-29-8-9-30-17-11-13(2-5-22-17)15-10-14(3-4-21-15)19(27)24-16/h2-5,10-12H,6-9H2,1H3,(H,23,28)(H,24,27). The Morgan fingerprint density at radius 1 is 1.00 bits per heavy atom. The first-order chi connectivity index (χ1) is 14.6. The molecule has 154 valence electrons. The zero-order valence-corrected chi connectivity index (χ0v) is 16.3. The second-order valence-electron chi connectivity index (χ2n) is 6.55. The predicted octanol–water partition coefficient (Wildman–Crippen LogP) is 1.27. The van der Waals surface area contributed by atoms with Gasteiger partial charge in [-0.1, -0.05) is 0 Å². The van der Waals surface area contributed by atoms with Crippen molar-refractivity contribution in [2.75, 3.05) is 31.7 Å². The first-order valence-electron chi connectivity index (χ1n) is 9.36. The second-order valence-corrected chi connectivity index (χ2v) is 6.55. The summed E-state index contributed by atoms with van der Waals surface area (Å²) < 4.78 is 12.6. The van der Waals surface area contributed by atoms with Crippen LogP contribution in [0.25, 0.3) is 11.3 Å². The first-order valence-corrected chi connectivity index (χ1v) is 9.36. The van der Waals surface area contributed by atoms with Gasteiger partial charge in [0, 0.05) is 49.4 Å². The van der Waals surface area contributed by atoms with Crippen molar-refractivity contribution in [2.24, 2.45) is 7.05 Å². The van der Waals surface area contributed by atoms with Crippen LogP contribution in [0.4, 0.5) is 5.69 Å². The zero-order chi connectivity index (χ0) is 20.9. The van der Waals surface area contributed by atoms with Gasteiger partial charge in [0.15, 0.2) is 5.69 Å². The van der Waals surface area contributed by atoms with Crippen molar-refractivity contribution < 1.29 is 19.1 Å². The number of ether oxygens (including phenoxy) is 2. The van der Waals surface area contributed by atoms with Crippen molar-refractivity contribution in [1.29, 1.82) is 0 Å². The molecule has 0 spiro atoms. The predicted molar refractivity (Wildman–Crippen MR) is 107 cm³/mol. The zero-order valence-electron chi connectivity index (χ0n) is 16.3. The van der Waals surface area contributed by atoms with E-state index < -0.39 is 5.91 Å². The van der Waals surface area contributed by atoms with Crippen molar-refractivity contribution in [2.45, 2.75) is 0 Å². The van der Waals surface area contributed by atoms with Gasteiger partial charge in [-0.2, -0.15) is 5.10 Å². The highest BCUT2D eigenvalue weighted by Crippen LogP contribution is 2.22. The molecule has 0 saturated heterocycles. The lowest BCUT2D eigenvalue weighted by Crippen LogP contribution is -2.29. The van der Waals surface area contributed by atoms with Crippen LogP contribution in [0.2, 0.25) is 0 Å². The van der Waals surface area contributed by atoms with Gasteiger partial charge in [0.25, 0.3) is 11.8 Å². The van der Waals surface area contributed by atoms with E-state index in [0.29, 0.717) is 49.2 Å². The smallest absolute Gasteiger partial charge is 0.274 e. The monoisotopic (exact) mass is 408 g/mol. The SMILES string of the molecule is Cn1cc2c(n1)C(=O)NCCOCCOc1cc(ccn1)-c1cc(ccn1)C(=O)N2. The lowest BCUT2D eigenvalue weighted by molar-refractivity contribution is 0.0859. The number of nitrogens with one attached hydrogen (secondary N) is 2. The van der Waals surface area contributed by atoms with Crippen molar-refractivity contribution in [1.82, 2.24) is 25.1 Å². The third-order valence-electron chi connectivity index (χ3n) is 4.35. The van der Waals surface area contributed by atoms with E-state index in [4.69, 9.17) is 9.47 Å². The molecule has 3 aromatic heterocycles. The number of fused-ring (bicyclic) bond motifs is 6. The van der Waals surface area contributed by atoms with Crippen LogP contribution in [-0.4, -0.2) is 57.9 Å². The van der Waals surface area contributed by atoms with E-state index >= 15 is 0 Å². The molecule has 0 fully saturated rings. The molecule has 0 radical (unpaired) electrons. The minimum Gasteiger partial charge on any atom is -0.475 e. The van der Waals surface area contributed by atoms with E-state index in [0.717, 1.165) is 5.56 Å². The molecule has 0 atom stereocenters. The fourth-order valence-electron chi connectivity index (χ4n) is 2.95. The maximum Gasteiger partial charge on any atom is 0.274 e. The average molecular weight is 408 g/mol. The van der Waals surface area contributed by atoms with E-state index in [9.17, 15) is 9.59 Å². The Balaban J connectivity index is 1.68. The van der Waals surface area contributed by atoms with Gasteiger partial charge in [-0.05, 0) is 18.2 Å². The summed E-state index contributed by atoms with van der Waals surface area (Å²) in [6.07, 6.45) is 4.75. The molecule has 0 aromatic carbocycles. The third-order valence-corrected chi connectivity index (χ3v) is 4.35. The summed E-state index contributed by atoms with van der Waals surface area (Å²) in [5.74, 6) is -0.348. The van der Waals surface area contributed by atoms with E-state index in [-0.39, 0.29) is 11.6 Å². The van der Waals surface area contributed by atoms with E-state index in [1.165, 1.54) is 4.68 Å². The summed E-state index contributed by atoms with van der Waals surface area (Å²) in [7, 11) is 1.68. The number of anilines is 1. The Labute approximate surface area is 172 Å². The number of aromatic nitrogens is 4. The topological polar surface area (TPSA) is 120 Å². The number of carbonyl (C=O) groups excluding carboxylic acids is 2. The number of rotatable bonds is 0. The minimum absolute atomic E-state index is 0.128. The molecule has 2 N–H and O–H groups in total. The van der Waals surface area contributed by atoms with Gasteiger partial charge in [-0.25, -0.2) is 4.98 Å². The lowest BCUT2D eigenvalue weighted by atomic mass is 10.1. The van der Waals surface area contributed by atoms with Crippen LogP contribution in [0.15, 0.2) is 42.9 Å². The van der Waals surface area contributed by atoms with Crippen LogP contribution < -0.4 is 15.4 Å². The number of hydrogen-bond donors (Lipinski definition) is 2. The van der Waals surface area contributed by atoms with Crippen molar-refractivity contribution >= 4 is 17.5 Å². The highest BCUT2D eigenvalue weighted by atomic mass is 16.5. The molecule has 1 aliphatic heterocycles. The molecule has 0 aliphatic carbocycles. The van der Waals surface area contributed by atoms with E-state index in [1.54, 1.807) is 49.9 Å². The van der Waals surface area contributed by atoms with Crippen molar-refractivity contribution in [3.63, 3.8) is 0 Å². The van der Waals surface area contributed by atoms with Crippen LogP contribution in [0.1, 0.15) is 20.8 Å². The summed E-state index contributed by atoms with van der Waals surface area (Å²) in [6.45, 7) is 1.26. The van der Waals surface area contributed by atoms with Gasteiger partial charge >= 0.3 is 0 Å². The summed E-state index contributed by atoms with van der Waals surface area (Å²) in [6, 6.07) is 6.81.